The molecule has 0 fully saturated rings. The number of aromatic nitrogens is 1. The molecule has 0 saturated heterocycles. The predicted octanol–water partition coefficient (Wildman–Crippen LogP) is 1.92. The van der Waals surface area contributed by atoms with Gasteiger partial charge in [0.25, 0.3) is 0 Å². The van der Waals surface area contributed by atoms with E-state index in [1.807, 2.05) is 28.8 Å². The molecule has 0 atom stereocenters. The molecule has 0 bridgehead atoms. The lowest BCUT2D eigenvalue weighted by Crippen LogP contribution is -2.15. The van der Waals surface area contributed by atoms with Crippen molar-refractivity contribution in [1.29, 1.82) is 0 Å². The average Bonchev–Trinajstić information content (AvgIpc) is 2.58. The average molecular weight is 226 g/mol. The number of thiol groups is 1. The summed E-state index contributed by atoms with van der Waals surface area (Å²) in [5, 5.41) is 12.1. The zero-order chi connectivity index (χ0) is 9.97. The van der Waals surface area contributed by atoms with Crippen LogP contribution >= 0.6 is 24.0 Å². The summed E-state index contributed by atoms with van der Waals surface area (Å²) >= 11 is 5.66. The summed E-state index contributed by atoms with van der Waals surface area (Å²) in [6.45, 7) is 0.756. The molecule has 74 valence electrons. The number of benzene rings is 1. The van der Waals surface area contributed by atoms with E-state index in [1.165, 1.54) is 11.3 Å². The van der Waals surface area contributed by atoms with E-state index in [1.54, 1.807) is 0 Å². The highest BCUT2D eigenvalue weighted by Crippen LogP contribution is 2.16. The van der Waals surface area contributed by atoms with Gasteiger partial charge in [0, 0.05) is 12.3 Å². The van der Waals surface area contributed by atoms with Gasteiger partial charge in [0.1, 0.15) is 0 Å². The van der Waals surface area contributed by atoms with Crippen molar-refractivity contribution in [3.8, 4) is 0 Å². The molecule has 0 saturated carbocycles. The van der Waals surface area contributed by atoms with Gasteiger partial charge in [0.15, 0.2) is 0 Å². The van der Waals surface area contributed by atoms with Gasteiger partial charge in [-0.3, -0.25) is 0 Å². The van der Waals surface area contributed by atoms with Gasteiger partial charge in [0.2, 0.25) is 4.80 Å². The molecular formula is C9H10N2OS2. The number of nitrogens with zero attached hydrogens (tertiary/aromatic N) is 2. The summed E-state index contributed by atoms with van der Waals surface area (Å²) in [5.41, 5.74) is 1.10. The van der Waals surface area contributed by atoms with E-state index in [0.717, 1.165) is 22.5 Å². The van der Waals surface area contributed by atoms with Crippen molar-refractivity contribution in [2.45, 2.75) is 6.54 Å². The van der Waals surface area contributed by atoms with Gasteiger partial charge in [-0.15, -0.1) is 0 Å². The topological polar surface area (TPSA) is 37.5 Å². The van der Waals surface area contributed by atoms with Crippen molar-refractivity contribution >= 4 is 34.2 Å². The first-order valence-electron chi connectivity index (χ1n) is 4.24. The van der Waals surface area contributed by atoms with E-state index in [-0.39, 0.29) is 0 Å². The van der Waals surface area contributed by atoms with Crippen LogP contribution in [0.25, 0.3) is 10.2 Å². The third-order valence-electron chi connectivity index (χ3n) is 2.00. The summed E-state index contributed by atoms with van der Waals surface area (Å²) in [7, 11) is 0. The highest BCUT2D eigenvalue weighted by Gasteiger charge is 2.03. The lowest BCUT2D eigenvalue weighted by molar-refractivity contribution is 0.297. The normalized spacial score (nSPS) is 12.5. The van der Waals surface area contributed by atoms with Gasteiger partial charge in [-0.05, 0) is 12.1 Å². The minimum Gasteiger partial charge on any atom is -0.408 e. The lowest BCUT2D eigenvalue weighted by atomic mass is 10.3. The Morgan fingerprint density at radius 3 is 2.93 bits per heavy atom. The third kappa shape index (κ3) is 1.53. The van der Waals surface area contributed by atoms with Crippen molar-refractivity contribution < 1.29 is 5.21 Å². The van der Waals surface area contributed by atoms with Gasteiger partial charge in [-0.25, -0.2) is 0 Å². The number of aryl methyl sites for hydroxylation is 1. The van der Waals surface area contributed by atoms with Crippen molar-refractivity contribution in [2.24, 2.45) is 5.16 Å². The van der Waals surface area contributed by atoms with Gasteiger partial charge < -0.3 is 9.77 Å². The first-order chi connectivity index (χ1) is 6.86. The Morgan fingerprint density at radius 1 is 1.43 bits per heavy atom. The monoisotopic (exact) mass is 226 g/mol. The quantitative estimate of drug-likeness (QED) is 0.458. The Balaban J connectivity index is 2.75. The van der Waals surface area contributed by atoms with Crippen LogP contribution in [0.3, 0.4) is 0 Å². The molecule has 1 aromatic carbocycles. The maximum atomic E-state index is 8.84. The first kappa shape index (κ1) is 9.61. The molecule has 1 N–H and O–H groups in total. The molecule has 5 heteroatoms. The SMILES string of the molecule is O/N=c1\sc2ccccc2n1CCS. The van der Waals surface area contributed by atoms with Crippen LogP contribution < -0.4 is 4.80 Å². The summed E-state index contributed by atoms with van der Waals surface area (Å²) in [5.74, 6) is 0.730. The predicted molar refractivity (Wildman–Crippen MR) is 61.0 cm³/mol. The van der Waals surface area contributed by atoms with Crippen LogP contribution in [0.2, 0.25) is 0 Å². The molecule has 0 aliphatic carbocycles. The van der Waals surface area contributed by atoms with E-state index in [4.69, 9.17) is 5.21 Å². The van der Waals surface area contributed by atoms with Crippen molar-refractivity contribution in [3.05, 3.63) is 29.1 Å². The standard InChI is InChI=1S/C9H10N2OS2/c12-10-9-11(5-6-13)7-3-1-2-4-8(7)14-9/h1-4,12-13H,5-6H2/b10-9-. The molecule has 1 aromatic heterocycles. The van der Waals surface area contributed by atoms with Crippen LogP contribution in [0, 0.1) is 0 Å². The van der Waals surface area contributed by atoms with Crippen LogP contribution in [0.5, 0.6) is 0 Å². The molecule has 0 spiro atoms. The van der Waals surface area contributed by atoms with Gasteiger partial charge in [0.05, 0.1) is 10.2 Å². The molecule has 3 nitrogen and oxygen atoms in total. The zero-order valence-electron chi connectivity index (χ0n) is 7.42. The molecule has 2 aromatic rings. The van der Waals surface area contributed by atoms with Crippen molar-refractivity contribution in [3.63, 3.8) is 0 Å². The minimum atomic E-state index is 0.625. The second kappa shape index (κ2) is 4.06. The van der Waals surface area contributed by atoms with Crippen molar-refractivity contribution in [1.82, 2.24) is 4.57 Å². The first-order valence-corrected chi connectivity index (χ1v) is 5.69. The summed E-state index contributed by atoms with van der Waals surface area (Å²) in [6, 6.07) is 7.99. The van der Waals surface area contributed by atoms with E-state index in [0.29, 0.717) is 4.80 Å². The van der Waals surface area contributed by atoms with Crippen molar-refractivity contribution in [2.75, 3.05) is 5.75 Å². The fraction of sp³-hybridized carbons (Fsp3) is 0.222. The largest absolute Gasteiger partial charge is 0.408 e. The Labute approximate surface area is 90.7 Å². The van der Waals surface area contributed by atoms with Gasteiger partial charge in [-0.1, -0.05) is 28.6 Å². The molecule has 14 heavy (non-hydrogen) atoms. The summed E-state index contributed by atoms with van der Waals surface area (Å²) < 4.78 is 3.09. The molecule has 2 rings (SSSR count). The lowest BCUT2D eigenvalue weighted by Gasteiger charge is -2.00. The molecule has 0 unspecified atom stereocenters. The number of hydrogen-bond donors (Lipinski definition) is 2. The molecular weight excluding hydrogens is 216 g/mol. The Bertz CT molecular complexity index is 501. The van der Waals surface area contributed by atoms with Crippen LogP contribution in [-0.2, 0) is 6.54 Å². The fourth-order valence-corrected chi connectivity index (χ4v) is 2.58. The second-order valence-electron chi connectivity index (χ2n) is 2.83. The highest BCUT2D eigenvalue weighted by molar-refractivity contribution is 7.80. The second-order valence-corrected chi connectivity index (χ2v) is 4.28. The highest BCUT2D eigenvalue weighted by atomic mass is 32.1. The smallest absolute Gasteiger partial charge is 0.228 e. The van der Waals surface area contributed by atoms with Gasteiger partial charge in [-0.2, -0.15) is 12.6 Å². The number of hydrogen-bond acceptors (Lipinski definition) is 4. The maximum absolute atomic E-state index is 8.84. The molecule has 1 heterocycles. The Hall–Kier alpha value is -0.940. The Kier molecular flexibility index (Phi) is 2.79. The van der Waals surface area contributed by atoms with E-state index < -0.39 is 0 Å². The van der Waals surface area contributed by atoms with Gasteiger partial charge >= 0.3 is 0 Å². The maximum Gasteiger partial charge on any atom is 0.228 e. The molecule has 0 aliphatic rings. The van der Waals surface area contributed by atoms with E-state index >= 15 is 0 Å². The third-order valence-corrected chi connectivity index (χ3v) is 3.25. The number of fused-ring (bicyclic) bond motifs is 1. The summed E-state index contributed by atoms with van der Waals surface area (Å²) in [6.07, 6.45) is 0. The number of para-hydroxylation sites is 1. The fourth-order valence-electron chi connectivity index (χ4n) is 1.41. The number of thiazole rings is 1. The van der Waals surface area contributed by atoms with E-state index in [2.05, 4.69) is 17.8 Å². The van der Waals surface area contributed by atoms with Crippen LogP contribution in [0.4, 0.5) is 0 Å². The Morgan fingerprint density at radius 2 is 2.21 bits per heavy atom. The number of rotatable bonds is 2. The zero-order valence-corrected chi connectivity index (χ0v) is 9.13. The molecule has 0 aliphatic heterocycles. The van der Waals surface area contributed by atoms with Crippen LogP contribution in [0.15, 0.2) is 29.4 Å². The molecule has 0 radical (unpaired) electrons. The van der Waals surface area contributed by atoms with Crippen LogP contribution in [-0.4, -0.2) is 15.5 Å². The van der Waals surface area contributed by atoms with Crippen LogP contribution in [0.1, 0.15) is 0 Å². The summed E-state index contributed by atoms with van der Waals surface area (Å²) in [4.78, 5) is 0.625. The minimum absolute atomic E-state index is 0.625. The van der Waals surface area contributed by atoms with E-state index in [9.17, 15) is 0 Å². The molecule has 0 amide bonds.